The second kappa shape index (κ2) is 5.09. The van der Waals surface area contributed by atoms with Crippen LogP contribution < -0.4 is 5.73 Å². The predicted molar refractivity (Wildman–Crippen MR) is 72.8 cm³/mol. The average molecular weight is 286 g/mol. The summed E-state index contributed by atoms with van der Waals surface area (Å²) >= 11 is 0. The van der Waals surface area contributed by atoms with E-state index in [2.05, 4.69) is 0 Å². The zero-order chi connectivity index (χ0) is 14.2. The first-order chi connectivity index (χ1) is 8.84. The van der Waals surface area contributed by atoms with Crippen molar-refractivity contribution in [3.63, 3.8) is 0 Å². The molecular weight excluding hydrogens is 267 g/mol. The number of hydrogen-bond acceptors (Lipinski definition) is 3. The molecule has 4 nitrogen and oxygen atoms in total. The Labute approximate surface area is 113 Å². The number of hydrogen-bond donors (Lipinski definition) is 1. The fraction of sp³-hybridized carbons (Fsp3) is 0.538. The van der Waals surface area contributed by atoms with Gasteiger partial charge in [0.1, 0.15) is 10.7 Å². The van der Waals surface area contributed by atoms with Gasteiger partial charge in [0, 0.05) is 18.8 Å². The van der Waals surface area contributed by atoms with Gasteiger partial charge >= 0.3 is 0 Å². The van der Waals surface area contributed by atoms with Crippen molar-refractivity contribution in [2.75, 3.05) is 12.8 Å². The summed E-state index contributed by atoms with van der Waals surface area (Å²) in [5, 5.41) is 0. The Kier molecular flexibility index (Phi) is 3.82. The number of anilines is 1. The smallest absolute Gasteiger partial charge is 0.246 e. The van der Waals surface area contributed by atoms with Gasteiger partial charge in [0.05, 0.1) is 0 Å². The maximum atomic E-state index is 14.1. The van der Waals surface area contributed by atoms with E-state index in [1.807, 2.05) is 0 Å². The Bertz CT molecular complexity index is 581. The molecule has 1 aliphatic rings. The summed E-state index contributed by atoms with van der Waals surface area (Å²) in [5.41, 5.74) is 6.14. The van der Waals surface area contributed by atoms with E-state index in [-0.39, 0.29) is 22.2 Å². The largest absolute Gasteiger partial charge is 0.399 e. The number of halogens is 1. The van der Waals surface area contributed by atoms with E-state index in [4.69, 9.17) is 5.73 Å². The standard InChI is InChI=1S/C13H19FN2O2S/c1-9-7-10(15)8-12(13(9)14)19(17,18)16(2)11-5-3-4-6-11/h7-8,11H,3-6,15H2,1-2H3. The van der Waals surface area contributed by atoms with Gasteiger partial charge in [-0.2, -0.15) is 4.31 Å². The van der Waals surface area contributed by atoms with E-state index in [1.165, 1.54) is 30.4 Å². The lowest BCUT2D eigenvalue weighted by Gasteiger charge is -2.24. The van der Waals surface area contributed by atoms with E-state index in [0.29, 0.717) is 0 Å². The third kappa shape index (κ3) is 2.60. The molecule has 1 aromatic carbocycles. The molecule has 0 amide bonds. The van der Waals surface area contributed by atoms with Gasteiger partial charge in [-0.1, -0.05) is 12.8 Å². The molecule has 1 fully saturated rings. The number of nitrogen functional groups attached to an aromatic ring is 1. The van der Waals surface area contributed by atoms with Crippen LogP contribution in [0.2, 0.25) is 0 Å². The molecule has 19 heavy (non-hydrogen) atoms. The van der Waals surface area contributed by atoms with Crippen LogP contribution in [0.4, 0.5) is 10.1 Å². The molecule has 0 bridgehead atoms. The molecule has 1 aliphatic carbocycles. The lowest BCUT2D eigenvalue weighted by molar-refractivity contribution is 0.370. The molecule has 6 heteroatoms. The van der Waals surface area contributed by atoms with Crippen molar-refractivity contribution in [3.8, 4) is 0 Å². The number of nitrogens with zero attached hydrogens (tertiary/aromatic N) is 1. The van der Waals surface area contributed by atoms with Crippen molar-refractivity contribution in [1.29, 1.82) is 0 Å². The lowest BCUT2D eigenvalue weighted by Crippen LogP contribution is -2.35. The molecule has 0 unspecified atom stereocenters. The van der Waals surface area contributed by atoms with E-state index < -0.39 is 15.8 Å². The quantitative estimate of drug-likeness (QED) is 0.867. The number of rotatable bonds is 3. The molecule has 106 valence electrons. The third-order valence-electron chi connectivity index (χ3n) is 3.74. The van der Waals surface area contributed by atoms with Crippen LogP contribution in [0.25, 0.3) is 0 Å². The summed E-state index contributed by atoms with van der Waals surface area (Å²) in [6, 6.07) is 2.60. The van der Waals surface area contributed by atoms with Crippen molar-refractivity contribution in [3.05, 3.63) is 23.5 Å². The number of sulfonamides is 1. The maximum absolute atomic E-state index is 14.1. The van der Waals surface area contributed by atoms with E-state index >= 15 is 0 Å². The molecule has 0 aromatic heterocycles. The van der Waals surface area contributed by atoms with E-state index in [1.54, 1.807) is 0 Å². The highest BCUT2D eigenvalue weighted by Gasteiger charge is 2.32. The molecule has 1 aromatic rings. The maximum Gasteiger partial charge on any atom is 0.246 e. The van der Waals surface area contributed by atoms with Crippen molar-refractivity contribution in [1.82, 2.24) is 4.31 Å². The Morgan fingerprint density at radius 2 is 1.89 bits per heavy atom. The molecule has 0 radical (unpaired) electrons. The minimum absolute atomic E-state index is 0.0360. The molecule has 0 heterocycles. The fourth-order valence-electron chi connectivity index (χ4n) is 2.57. The normalized spacial score (nSPS) is 17.3. The zero-order valence-electron chi connectivity index (χ0n) is 11.2. The van der Waals surface area contributed by atoms with Crippen molar-refractivity contribution < 1.29 is 12.8 Å². The molecule has 0 spiro atoms. The van der Waals surface area contributed by atoms with Gasteiger partial charge in [0.2, 0.25) is 10.0 Å². The molecule has 2 N–H and O–H groups in total. The monoisotopic (exact) mass is 286 g/mol. The summed E-state index contributed by atoms with van der Waals surface area (Å²) in [6.07, 6.45) is 3.70. The first-order valence-corrected chi connectivity index (χ1v) is 7.81. The van der Waals surface area contributed by atoms with Crippen LogP contribution in [0.15, 0.2) is 17.0 Å². The van der Waals surface area contributed by atoms with Crippen molar-refractivity contribution in [2.45, 2.75) is 43.5 Å². The summed E-state index contributed by atoms with van der Waals surface area (Å²) in [4.78, 5) is -0.320. The second-order valence-corrected chi connectivity index (χ2v) is 7.08. The molecule has 0 saturated heterocycles. The summed E-state index contributed by atoms with van der Waals surface area (Å²) in [6.45, 7) is 1.51. The predicted octanol–water partition coefficient (Wildman–Crippen LogP) is 2.28. The first-order valence-electron chi connectivity index (χ1n) is 6.37. The fourth-order valence-corrected chi connectivity index (χ4v) is 4.16. The lowest BCUT2D eigenvalue weighted by atomic mass is 10.2. The summed E-state index contributed by atoms with van der Waals surface area (Å²) < 4.78 is 40.3. The molecule has 0 atom stereocenters. The number of aryl methyl sites for hydroxylation is 1. The molecule has 2 rings (SSSR count). The van der Waals surface area contributed by atoms with Crippen LogP contribution in [0.5, 0.6) is 0 Å². The minimum atomic E-state index is -3.82. The Morgan fingerprint density at radius 3 is 2.47 bits per heavy atom. The average Bonchev–Trinajstić information content (AvgIpc) is 2.86. The van der Waals surface area contributed by atoms with E-state index in [0.717, 1.165) is 25.7 Å². The third-order valence-corrected chi connectivity index (χ3v) is 5.65. The van der Waals surface area contributed by atoms with Gasteiger partial charge in [-0.05, 0) is 37.5 Å². The highest BCUT2D eigenvalue weighted by molar-refractivity contribution is 7.89. The second-order valence-electron chi connectivity index (χ2n) is 5.11. The summed E-state index contributed by atoms with van der Waals surface area (Å²) in [5.74, 6) is -0.709. The topological polar surface area (TPSA) is 63.4 Å². The van der Waals surface area contributed by atoms with Gasteiger partial charge in [-0.25, -0.2) is 12.8 Å². The van der Waals surface area contributed by atoms with Gasteiger partial charge in [0.25, 0.3) is 0 Å². The van der Waals surface area contributed by atoms with Crippen LogP contribution in [0, 0.1) is 12.7 Å². The van der Waals surface area contributed by atoms with Crippen molar-refractivity contribution in [2.24, 2.45) is 0 Å². The van der Waals surface area contributed by atoms with E-state index in [9.17, 15) is 12.8 Å². The number of nitrogens with two attached hydrogens (primary N) is 1. The Balaban J connectivity index is 2.44. The number of benzene rings is 1. The van der Waals surface area contributed by atoms with Gasteiger partial charge < -0.3 is 5.73 Å². The van der Waals surface area contributed by atoms with Crippen LogP contribution >= 0.6 is 0 Å². The van der Waals surface area contributed by atoms with Crippen LogP contribution in [0.1, 0.15) is 31.2 Å². The highest BCUT2D eigenvalue weighted by Crippen LogP contribution is 2.30. The van der Waals surface area contributed by atoms with Gasteiger partial charge in [0.15, 0.2) is 0 Å². The SMILES string of the molecule is Cc1cc(N)cc(S(=O)(=O)N(C)C2CCCC2)c1F. The van der Waals surface area contributed by atoms with Gasteiger partial charge in [-0.15, -0.1) is 0 Å². The Morgan fingerprint density at radius 1 is 1.32 bits per heavy atom. The van der Waals surface area contributed by atoms with Crippen molar-refractivity contribution >= 4 is 15.7 Å². The van der Waals surface area contributed by atoms with Crippen LogP contribution in [-0.2, 0) is 10.0 Å². The highest BCUT2D eigenvalue weighted by atomic mass is 32.2. The zero-order valence-corrected chi connectivity index (χ0v) is 12.0. The molecule has 0 aliphatic heterocycles. The van der Waals surface area contributed by atoms with Crippen LogP contribution in [0.3, 0.4) is 0 Å². The molecule has 1 saturated carbocycles. The minimum Gasteiger partial charge on any atom is -0.399 e. The van der Waals surface area contributed by atoms with Crippen LogP contribution in [-0.4, -0.2) is 25.8 Å². The Hall–Kier alpha value is -1.14. The van der Waals surface area contributed by atoms with Gasteiger partial charge in [-0.3, -0.25) is 0 Å². The molecular formula is C13H19FN2O2S. The first kappa shape index (κ1) is 14.3. The summed E-state index contributed by atoms with van der Waals surface area (Å²) in [7, 11) is -2.30.